The fourth-order valence-corrected chi connectivity index (χ4v) is 1.72. The van der Waals surface area contributed by atoms with Gasteiger partial charge in [-0.3, -0.25) is 4.79 Å². The van der Waals surface area contributed by atoms with E-state index in [1.165, 1.54) is 19.3 Å². The average Bonchev–Trinajstić information content (AvgIpc) is 2.11. The first kappa shape index (κ1) is 11.5. The second kappa shape index (κ2) is 6.02. The molecule has 0 radical (unpaired) electrons. The Hall–Kier alpha value is -0.570. The molecule has 1 atom stereocenters. The summed E-state index contributed by atoms with van der Waals surface area (Å²) in [7, 11) is 0. The Labute approximate surface area is 85.9 Å². The van der Waals surface area contributed by atoms with E-state index in [1.807, 2.05) is 6.92 Å². The van der Waals surface area contributed by atoms with Crippen LogP contribution in [-0.4, -0.2) is 24.2 Å². The molecule has 14 heavy (non-hydrogen) atoms. The highest BCUT2D eigenvalue weighted by Gasteiger charge is 2.18. The van der Waals surface area contributed by atoms with Gasteiger partial charge < -0.3 is 10.4 Å². The Morgan fingerprint density at radius 2 is 2.29 bits per heavy atom. The van der Waals surface area contributed by atoms with Crippen LogP contribution in [0.5, 0.6) is 0 Å². The van der Waals surface area contributed by atoms with Crippen LogP contribution in [0.25, 0.3) is 0 Å². The van der Waals surface area contributed by atoms with Crippen molar-refractivity contribution in [2.45, 2.75) is 39.0 Å². The van der Waals surface area contributed by atoms with E-state index >= 15 is 0 Å². The van der Waals surface area contributed by atoms with Crippen molar-refractivity contribution in [1.29, 1.82) is 0 Å². The fraction of sp³-hybridized carbons (Fsp3) is 0.909. The average molecular weight is 199 g/mol. The molecule has 3 nitrogen and oxygen atoms in total. The van der Waals surface area contributed by atoms with Crippen LogP contribution in [0.2, 0.25) is 0 Å². The molecule has 1 aliphatic rings. The van der Waals surface area contributed by atoms with Gasteiger partial charge in [0.05, 0.1) is 12.5 Å². The van der Waals surface area contributed by atoms with Crippen LogP contribution in [0.15, 0.2) is 0 Å². The Bertz CT molecular complexity index is 174. The normalized spacial score (nSPS) is 18.7. The molecule has 82 valence electrons. The van der Waals surface area contributed by atoms with E-state index < -0.39 is 0 Å². The van der Waals surface area contributed by atoms with Gasteiger partial charge in [-0.15, -0.1) is 0 Å². The molecular weight excluding hydrogens is 178 g/mol. The molecule has 0 aliphatic heterocycles. The van der Waals surface area contributed by atoms with Crippen molar-refractivity contribution in [3.05, 3.63) is 0 Å². The summed E-state index contributed by atoms with van der Waals surface area (Å²) in [5.41, 5.74) is 0. The number of rotatable bonds is 6. The van der Waals surface area contributed by atoms with E-state index in [1.54, 1.807) is 0 Å². The van der Waals surface area contributed by atoms with Gasteiger partial charge in [0.2, 0.25) is 5.91 Å². The summed E-state index contributed by atoms with van der Waals surface area (Å²) in [4.78, 5) is 11.4. The molecule has 1 aliphatic carbocycles. The van der Waals surface area contributed by atoms with Gasteiger partial charge in [0, 0.05) is 6.54 Å². The molecule has 0 aromatic rings. The molecule has 1 unspecified atom stereocenters. The number of carbonyl (C=O) groups is 1. The lowest BCUT2D eigenvalue weighted by atomic mass is 9.83. The van der Waals surface area contributed by atoms with Crippen LogP contribution in [0, 0.1) is 11.8 Å². The van der Waals surface area contributed by atoms with Crippen LogP contribution in [-0.2, 0) is 4.79 Å². The minimum absolute atomic E-state index is 0.00863. The first-order valence-corrected chi connectivity index (χ1v) is 5.66. The van der Waals surface area contributed by atoms with Gasteiger partial charge in [0.15, 0.2) is 0 Å². The minimum atomic E-state index is -0.212. The number of aliphatic hydroxyl groups is 1. The molecular formula is C11H21NO2. The Kier molecular flexibility index (Phi) is 4.94. The number of carbonyl (C=O) groups excluding carboxylic acids is 1. The SMILES string of the molecule is CCC(CO)C(=O)NCCC1CCC1. The van der Waals surface area contributed by atoms with E-state index in [4.69, 9.17) is 5.11 Å². The molecule has 3 heteroatoms. The fourth-order valence-electron chi connectivity index (χ4n) is 1.72. The highest BCUT2D eigenvalue weighted by Crippen LogP contribution is 2.28. The first-order chi connectivity index (χ1) is 6.77. The molecule has 0 saturated heterocycles. The Balaban J connectivity index is 2.06. The van der Waals surface area contributed by atoms with Crippen molar-refractivity contribution in [3.8, 4) is 0 Å². The molecule has 1 amide bonds. The summed E-state index contributed by atoms with van der Waals surface area (Å²) in [5.74, 6) is 0.634. The number of amides is 1. The number of hydrogen-bond acceptors (Lipinski definition) is 2. The number of aliphatic hydroxyl groups excluding tert-OH is 1. The van der Waals surface area contributed by atoms with Gasteiger partial charge in [-0.1, -0.05) is 26.2 Å². The highest BCUT2D eigenvalue weighted by molar-refractivity contribution is 5.78. The topological polar surface area (TPSA) is 49.3 Å². The third-order valence-electron chi connectivity index (χ3n) is 3.16. The third-order valence-corrected chi connectivity index (χ3v) is 3.16. The zero-order valence-corrected chi connectivity index (χ0v) is 8.96. The third kappa shape index (κ3) is 3.29. The number of nitrogens with one attached hydrogen (secondary N) is 1. The maximum absolute atomic E-state index is 11.4. The Morgan fingerprint density at radius 1 is 1.57 bits per heavy atom. The minimum Gasteiger partial charge on any atom is -0.396 e. The van der Waals surface area contributed by atoms with Crippen LogP contribution in [0.3, 0.4) is 0 Å². The summed E-state index contributed by atoms with van der Waals surface area (Å²) >= 11 is 0. The second-order valence-corrected chi connectivity index (χ2v) is 4.16. The molecule has 1 fully saturated rings. The maximum atomic E-state index is 11.4. The van der Waals surface area contributed by atoms with Crippen molar-refractivity contribution < 1.29 is 9.90 Å². The predicted octanol–water partition coefficient (Wildman–Crippen LogP) is 1.31. The van der Waals surface area contributed by atoms with E-state index in [0.29, 0.717) is 6.42 Å². The van der Waals surface area contributed by atoms with Crippen molar-refractivity contribution in [1.82, 2.24) is 5.32 Å². The molecule has 0 heterocycles. The predicted molar refractivity (Wildman–Crippen MR) is 55.8 cm³/mol. The molecule has 0 aromatic heterocycles. The molecule has 0 spiro atoms. The van der Waals surface area contributed by atoms with Crippen LogP contribution >= 0.6 is 0 Å². The van der Waals surface area contributed by atoms with Crippen molar-refractivity contribution >= 4 is 5.91 Å². The van der Waals surface area contributed by atoms with Crippen molar-refractivity contribution in [2.75, 3.05) is 13.2 Å². The van der Waals surface area contributed by atoms with Gasteiger partial charge in [0.1, 0.15) is 0 Å². The summed E-state index contributed by atoms with van der Waals surface area (Å²) < 4.78 is 0. The standard InChI is InChI=1S/C11H21NO2/c1-2-10(8-13)11(14)12-7-6-9-4-3-5-9/h9-10,13H,2-8H2,1H3,(H,12,14). The lowest BCUT2D eigenvalue weighted by Crippen LogP contribution is -2.34. The molecule has 0 aromatic carbocycles. The van der Waals surface area contributed by atoms with E-state index in [0.717, 1.165) is 18.9 Å². The van der Waals surface area contributed by atoms with E-state index in [-0.39, 0.29) is 18.4 Å². The largest absolute Gasteiger partial charge is 0.396 e. The van der Waals surface area contributed by atoms with Gasteiger partial charge in [0.25, 0.3) is 0 Å². The van der Waals surface area contributed by atoms with Crippen LogP contribution < -0.4 is 5.32 Å². The van der Waals surface area contributed by atoms with Crippen molar-refractivity contribution in [2.24, 2.45) is 11.8 Å². The van der Waals surface area contributed by atoms with Gasteiger partial charge >= 0.3 is 0 Å². The summed E-state index contributed by atoms with van der Waals surface area (Å²) in [6.45, 7) is 2.66. The van der Waals surface area contributed by atoms with Crippen LogP contribution in [0.1, 0.15) is 39.0 Å². The summed E-state index contributed by atoms with van der Waals surface area (Å²) in [6, 6.07) is 0. The summed E-state index contributed by atoms with van der Waals surface area (Å²) in [5, 5.41) is 11.8. The molecule has 1 saturated carbocycles. The number of hydrogen-bond donors (Lipinski definition) is 2. The second-order valence-electron chi connectivity index (χ2n) is 4.16. The lowest BCUT2D eigenvalue weighted by Gasteiger charge is -2.25. The zero-order chi connectivity index (χ0) is 10.4. The highest BCUT2D eigenvalue weighted by atomic mass is 16.3. The van der Waals surface area contributed by atoms with Gasteiger partial charge in [-0.2, -0.15) is 0 Å². The quantitative estimate of drug-likeness (QED) is 0.677. The molecule has 2 N–H and O–H groups in total. The maximum Gasteiger partial charge on any atom is 0.225 e. The van der Waals surface area contributed by atoms with Crippen molar-refractivity contribution in [3.63, 3.8) is 0 Å². The van der Waals surface area contributed by atoms with Crippen LogP contribution in [0.4, 0.5) is 0 Å². The van der Waals surface area contributed by atoms with Gasteiger partial charge in [-0.25, -0.2) is 0 Å². The monoisotopic (exact) mass is 199 g/mol. The zero-order valence-electron chi connectivity index (χ0n) is 8.96. The molecule has 0 bridgehead atoms. The van der Waals surface area contributed by atoms with E-state index in [9.17, 15) is 4.79 Å². The lowest BCUT2D eigenvalue weighted by molar-refractivity contribution is -0.126. The Morgan fingerprint density at radius 3 is 2.71 bits per heavy atom. The smallest absolute Gasteiger partial charge is 0.225 e. The summed E-state index contributed by atoms with van der Waals surface area (Å²) in [6.07, 6.45) is 5.83. The van der Waals surface area contributed by atoms with Gasteiger partial charge in [-0.05, 0) is 18.8 Å². The van der Waals surface area contributed by atoms with E-state index in [2.05, 4.69) is 5.32 Å². The first-order valence-electron chi connectivity index (χ1n) is 5.66. The molecule has 1 rings (SSSR count).